The Morgan fingerprint density at radius 1 is 1.34 bits per heavy atom. The van der Waals surface area contributed by atoms with Crippen LogP contribution in [0.2, 0.25) is 0 Å². The average molecular weight is 487 g/mol. The number of β-lactam (4-membered cyclic amide) rings is 1. The average Bonchev–Trinajstić information content (AvgIpc) is 3.43. The van der Waals surface area contributed by atoms with E-state index in [1.807, 2.05) is 40.5 Å². The topological polar surface area (TPSA) is 120 Å². The van der Waals surface area contributed by atoms with Crippen LogP contribution in [0, 0.1) is 0 Å². The number of carbonyl (C=O) groups excluding carboxylic acids is 1. The van der Waals surface area contributed by atoms with Crippen LogP contribution in [0.4, 0.5) is 0 Å². The number of aromatic nitrogens is 4. The number of amides is 1. The van der Waals surface area contributed by atoms with Crippen LogP contribution in [-0.2, 0) is 16.1 Å². The summed E-state index contributed by atoms with van der Waals surface area (Å²) in [7, 11) is 0. The first kappa shape index (κ1) is 20.8. The Balaban J connectivity index is 1.28. The van der Waals surface area contributed by atoms with E-state index in [0.717, 1.165) is 22.8 Å². The van der Waals surface area contributed by atoms with Gasteiger partial charge in [0.25, 0.3) is 0 Å². The molecule has 1 fully saturated rings. The lowest BCUT2D eigenvalue weighted by molar-refractivity contribution is -0.686. The smallest absolute Gasteiger partial charge is 0.352 e. The SMILES string of the molecule is O=C(O)C1=C(/C=C/C[n+]2ccc(-c3csc(-c4nsc(=O)[nH]4)n3)cc2)CSC2CC(=O)N12. The Morgan fingerprint density at radius 2 is 2.16 bits per heavy atom. The quantitative estimate of drug-likeness (QED) is 0.404. The summed E-state index contributed by atoms with van der Waals surface area (Å²) in [6.07, 6.45) is 7.92. The number of aliphatic carboxylic acids is 1. The molecule has 12 heteroatoms. The number of hydrogen-bond donors (Lipinski definition) is 2. The minimum absolute atomic E-state index is 0.0466. The van der Waals surface area contributed by atoms with Gasteiger partial charge in [-0.15, -0.1) is 23.1 Å². The summed E-state index contributed by atoms with van der Waals surface area (Å²) in [6, 6.07) is 3.89. The van der Waals surface area contributed by atoms with Gasteiger partial charge in [-0.3, -0.25) is 19.5 Å². The van der Waals surface area contributed by atoms with E-state index < -0.39 is 5.97 Å². The van der Waals surface area contributed by atoms with Crippen molar-refractivity contribution >= 4 is 46.5 Å². The number of fused-ring (bicyclic) bond motifs is 1. The zero-order chi connectivity index (χ0) is 22.2. The van der Waals surface area contributed by atoms with Gasteiger partial charge >= 0.3 is 10.8 Å². The van der Waals surface area contributed by atoms with Crippen LogP contribution in [0.5, 0.6) is 0 Å². The van der Waals surface area contributed by atoms with E-state index in [1.54, 1.807) is 17.8 Å². The zero-order valence-corrected chi connectivity index (χ0v) is 18.9. The molecule has 0 aromatic carbocycles. The van der Waals surface area contributed by atoms with Gasteiger partial charge in [0.05, 0.1) is 17.5 Å². The van der Waals surface area contributed by atoms with E-state index in [-0.39, 0.29) is 21.9 Å². The molecule has 2 aliphatic heterocycles. The molecule has 1 amide bonds. The number of allylic oxidation sites excluding steroid dienone is 2. The Morgan fingerprint density at radius 3 is 2.84 bits per heavy atom. The van der Waals surface area contributed by atoms with Crippen molar-refractivity contribution in [1.29, 1.82) is 0 Å². The molecule has 2 aliphatic rings. The molecule has 0 saturated carbocycles. The monoisotopic (exact) mass is 486 g/mol. The molecule has 32 heavy (non-hydrogen) atoms. The lowest BCUT2D eigenvalue weighted by atomic mass is 10.1. The minimum atomic E-state index is -1.07. The third kappa shape index (κ3) is 3.92. The number of pyridine rings is 1. The van der Waals surface area contributed by atoms with E-state index in [4.69, 9.17) is 0 Å². The highest BCUT2D eigenvalue weighted by molar-refractivity contribution is 8.00. The molecule has 3 aromatic rings. The van der Waals surface area contributed by atoms with Crippen LogP contribution in [0.3, 0.4) is 0 Å². The van der Waals surface area contributed by atoms with Crippen molar-refractivity contribution in [3.63, 3.8) is 0 Å². The maximum atomic E-state index is 11.8. The van der Waals surface area contributed by atoms with E-state index in [1.165, 1.54) is 16.2 Å². The number of aromatic amines is 1. The van der Waals surface area contributed by atoms with Crippen molar-refractivity contribution in [1.82, 2.24) is 19.2 Å². The predicted molar refractivity (Wildman–Crippen MR) is 121 cm³/mol. The van der Waals surface area contributed by atoms with Crippen molar-refractivity contribution in [2.24, 2.45) is 0 Å². The number of nitrogens with zero attached hydrogens (tertiary/aromatic N) is 4. The highest BCUT2D eigenvalue weighted by Crippen LogP contribution is 2.40. The number of H-pyrrole nitrogens is 1. The third-order valence-corrected chi connectivity index (χ3v) is 7.68. The first-order valence-corrected chi connectivity index (χ1v) is 12.3. The van der Waals surface area contributed by atoms with Gasteiger partial charge in [-0.25, -0.2) is 14.3 Å². The lowest BCUT2D eigenvalue weighted by Gasteiger charge is -2.43. The summed E-state index contributed by atoms with van der Waals surface area (Å²) in [5.41, 5.74) is 2.49. The molecule has 0 spiro atoms. The van der Waals surface area contributed by atoms with Crippen LogP contribution in [0.25, 0.3) is 22.1 Å². The molecule has 9 nitrogen and oxygen atoms in total. The summed E-state index contributed by atoms with van der Waals surface area (Å²) in [4.78, 5) is 43.2. The second kappa shape index (κ2) is 8.45. The van der Waals surface area contributed by atoms with Crippen molar-refractivity contribution in [3.05, 3.63) is 63.0 Å². The molecule has 0 aliphatic carbocycles. The first-order chi connectivity index (χ1) is 15.5. The van der Waals surface area contributed by atoms with Gasteiger partial charge < -0.3 is 5.11 Å². The summed E-state index contributed by atoms with van der Waals surface area (Å²) >= 11 is 3.87. The van der Waals surface area contributed by atoms with E-state index >= 15 is 0 Å². The van der Waals surface area contributed by atoms with Crippen molar-refractivity contribution in [2.45, 2.75) is 18.3 Å². The Hall–Kier alpha value is -3.09. The molecule has 162 valence electrons. The van der Waals surface area contributed by atoms with E-state index in [0.29, 0.717) is 35.1 Å². The standard InChI is InChI=1S/C20H15N5O4S3/c26-14-8-15-25(14)16(19(27)28)12(9-30-15)2-1-5-24-6-3-11(4-7-24)13-10-31-18(21-13)17-22-20(29)32-23-17/h1-4,6-7,10,15H,5,8-9H2,(H-,22,23,27,28,29)/p+1/b2-1+. The van der Waals surface area contributed by atoms with Crippen molar-refractivity contribution in [2.75, 3.05) is 5.75 Å². The summed E-state index contributed by atoms with van der Waals surface area (Å²) in [5, 5.41) is 12.1. The maximum absolute atomic E-state index is 11.8. The number of thioether (sulfide) groups is 1. The van der Waals surface area contributed by atoms with Crippen LogP contribution in [0.15, 0.2) is 58.1 Å². The molecule has 5 rings (SSSR count). The summed E-state index contributed by atoms with van der Waals surface area (Å²) in [6.45, 7) is 0.557. The van der Waals surface area contributed by atoms with Gasteiger partial charge in [0.2, 0.25) is 5.91 Å². The van der Waals surface area contributed by atoms with Gasteiger partial charge in [-0.1, -0.05) is 6.08 Å². The van der Waals surface area contributed by atoms with Gasteiger partial charge in [0, 0.05) is 40.4 Å². The maximum Gasteiger partial charge on any atom is 0.352 e. The number of nitrogens with one attached hydrogen (secondary N) is 1. The minimum Gasteiger partial charge on any atom is -0.477 e. The molecular weight excluding hydrogens is 470 g/mol. The molecule has 1 unspecified atom stereocenters. The highest BCUT2D eigenvalue weighted by atomic mass is 32.2. The Kier molecular flexibility index (Phi) is 5.49. The Labute approximate surface area is 193 Å². The van der Waals surface area contributed by atoms with Gasteiger partial charge in [0.15, 0.2) is 29.8 Å². The van der Waals surface area contributed by atoms with Crippen LogP contribution < -0.4 is 9.44 Å². The first-order valence-electron chi connectivity index (χ1n) is 9.57. The predicted octanol–water partition coefficient (Wildman–Crippen LogP) is 2.11. The van der Waals surface area contributed by atoms with Crippen molar-refractivity contribution in [3.8, 4) is 22.1 Å². The number of thiazole rings is 1. The zero-order valence-electron chi connectivity index (χ0n) is 16.4. The normalized spacial score (nSPS) is 18.2. The fourth-order valence-electron chi connectivity index (χ4n) is 3.47. The molecular formula is C20H16N5O4S3+. The van der Waals surface area contributed by atoms with Gasteiger partial charge in [-0.05, 0) is 11.6 Å². The molecule has 1 atom stereocenters. The third-order valence-electron chi connectivity index (χ3n) is 5.05. The number of carboxylic acids is 1. The van der Waals surface area contributed by atoms with Crippen molar-refractivity contribution < 1.29 is 19.3 Å². The van der Waals surface area contributed by atoms with E-state index in [2.05, 4.69) is 14.3 Å². The second-order valence-corrected chi connectivity index (χ2v) is 9.84. The number of rotatable bonds is 6. The number of carboxylic acid groups (broad SMARTS) is 1. The van der Waals surface area contributed by atoms with Gasteiger partial charge in [-0.2, -0.15) is 4.37 Å². The number of hydrogen-bond acceptors (Lipinski definition) is 8. The lowest BCUT2D eigenvalue weighted by Crippen LogP contribution is -2.53. The summed E-state index contributed by atoms with van der Waals surface area (Å²) < 4.78 is 6.02. The molecule has 0 bridgehead atoms. The molecule has 1 saturated heterocycles. The molecule has 0 radical (unpaired) electrons. The van der Waals surface area contributed by atoms with Crippen LogP contribution in [0.1, 0.15) is 6.42 Å². The van der Waals surface area contributed by atoms with E-state index in [9.17, 15) is 19.5 Å². The van der Waals surface area contributed by atoms with Crippen LogP contribution in [-0.4, -0.2) is 47.4 Å². The van der Waals surface area contributed by atoms with Gasteiger partial charge in [0.1, 0.15) is 5.70 Å². The fourth-order valence-corrected chi connectivity index (χ4v) is 5.98. The highest BCUT2D eigenvalue weighted by Gasteiger charge is 2.44. The molecule has 5 heterocycles. The van der Waals surface area contributed by atoms with Crippen LogP contribution >= 0.6 is 34.6 Å². The summed E-state index contributed by atoms with van der Waals surface area (Å²) in [5.74, 6) is -0.146. The molecule has 3 aromatic heterocycles. The molecule has 2 N–H and O–H groups in total. The second-order valence-electron chi connectivity index (χ2n) is 7.08. The Bertz CT molecular complexity index is 1320. The largest absolute Gasteiger partial charge is 0.477 e. The fraction of sp³-hybridized carbons (Fsp3) is 0.200. The number of carbonyl (C=O) groups is 2.